The number of aromatic nitrogens is 2. The van der Waals surface area contributed by atoms with Crippen LogP contribution in [-0.2, 0) is 6.42 Å². The Morgan fingerprint density at radius 3 is 2.83 bits per heavy atom. The van der Waals surface area contributed by atoms with Gasteiger partial charge in [-0.2, -0.15) is 0 Å². The molecule has 0 radical (unpaired) electrons. The summed E-state index contributed by atoms with van der Waals surface area (Å²) < 4.78 is 0. The third-order valence-corrected chi connectivity index (χ3v) is 3.66. The first kappa shape index (κ1) is 11.5. The molecule has 3 heteroatoms. The number of benzene rings is 1. The number of nitrogens with zero attached hydrogens (tertiary/aromatic N) is 1. The van der Waals surface area contributed by atoms with Crippen molar-refractivity contribution in [2.75, 3.05) is 6.54 Å². The summed E-state index contributed by atoms with van der Waals surface area (Å²) in [5.41, 5.74) is 6.45. The maximum Gasteiger partial charge on any atom is 0.103 e. The first-order valence-electron chi connectivity index (χ1n) is 6.51. The van der Waals surface area contributed by atoms with E-state index < -0.39 is 0 Å². The van der Waals surface area contributed by atoms with Crippen LogP contribution in [0.1, 0.15) is 39.9 Å². The predicted molar refractivity (Wildman–Crippen MR) is 72.8 cm³/mol. The van der Waals surface area contributed by atoms with Crippen LogP contribution in [0.15, 0.2) is 18.2 Å². The van der Waals surface area contributed by atoms with Gasteiger partial charge >= 0.3 is 0 Å². The van der Waals surface area contributed by atoms with Crippen molar-refractivity contribution in [3.63, 3.8) is 0 Å². The molecule has 2 heterocycles. The number of nitrogens with one attached hydrogen (secondary N) is 2. The van der Waals surface area contributed by atoms with E-state index in [-0.39, 0.29) is 6.04 Å². The number of hydrogen-bond donors (Lipinski definition) is 2. The second kappa shape index (κ2) is 4.25. The topological polar surface area (TPSA) is 40.7 Å². The Labute approximate surface area is 108 Å². The molecule has 1 aromatic carbocycles. The van der Waals surface area contributed by atoms with E-state index in [1.165, 1.54) is 28.1 Å². The van der Waals surface area contributed by atoms with Crippen molar-refractivity contribution >= 4 is 0 Å². The first-order chi connectivity index (χ1) is 8.65. The van der Waals surface area contributed by atoms with Crippen LogP contribution in [0.25, 0.3) is 0 Å². The molecule has 1 aliphatic heterocycles. The summed E-state index contributed by atoms with van der Waals surface area (Å²) in [4.78, 5) is 8.03. The first-order valence-corrected chi connectivity index (χ1v) is 6.51. The smallest absolute Gasteiger partial charge is 0.103 e. The van der Waals surface area contributed by atoms with Gasteiger partial charge in [-0.3, -0.25) is 0 Å². The molecule has 1 unspecified atom stereocenters. The van der Waals surface area contributed by atoms with E-state index in [0.717, 1.165) is 18.8 Å². The zero-order chi connectivity index (χ0) is 12.7. The highest BCUT2D eigenvalue weighted by atomic mass is 15.0. The second-order valence-corrected chi connectivity index (χ2v) is 5.18. The Hall–Kier alpha value is -1.61. The van der Waals surface area contributed by atoms with Crippen molar-refractivity contribution in [1.29, 1.82) is 0 Å². The molecular weight excluding hydrogens is 222 g/mol. The summed E-state index contributed by atoms with van der Waals surface area (Å²) >= 11 is 0. The molecule has 2 N–H and O–H groups in total. The second-order valence-electron chi connectivity index (χ2n) is 5.18. The summed E-state index contributed by atoms with van der Waals surface area (Å²) in [6.07, 6.45) is 1.04. The van der Waals surface area contributed by atoms with Gasteiger partial charge in [0.15, 0.2) is 0 Å². The molecule has 3 nitrogen and oxygen atoms in total. The van der Waals surface area contributed by atoms with E-state index in [1.807, 2.05) is 6.92 Å². The molecular formula is C15H19N3. The van der Waals surface area contributed by atoms with Gasteiger partial charge in [-0.15, -0.1) is 0 Å². The fraction of sp³-hybridized carbons (Fsp3) is 0.400. The standard InChI is InChI=1S/C15H19N3/c1-9-4-5-12(10(2)8-9)14-15-13(6-7-16-14)17-11(3)18-15/h4-5,8,14,16H,6-7H2,1-3H3,(H,17,18). The van der Waals surface area contributed by atoms with Crippen molar-refractivity contribution in [2.45, 2.75) is 33.2 Å². The van der Waals surface area contributed by atoms with Crippen LogP contribution < -0.4 is 5.32 Å². The summed E-state index contributed by atoms with van der Waals surface area (Å²) in [5.74, 6) is 1.01. The molecule has 1 atom stereocenters. The molecule has 0 amide bonds. The molecule has 0 saturated carbocycles. The van der Waals surface area contributed by atoms with E-state index in [0.29, 0.717) is 0 Å². The number of hydrogen-bond acceptors (Lipinski definition) is 2. The Morgan fingerprint density at radius 1 is 1.22 bits per heavy atom. The minimum Gasteiger partial charge on any atom is -0.346 e. The van der Waals surface area contributed by atoms with E-state index in [9.17, 15) is 0 Å². The van der Waals surface area contributed by atoms with Gasteiger partial charge in [-0.1, -0.05) is 23.8 Å². The van der Waals surface area contributed by atoms with E-state index in [1.54, 1.807) is 0 Å². The summed E-state index contributed by atoms with van der Waals surface area (Å²) in [6.45, 7) is 7.34. The lowest BCUT2D eigenvalue weighted by Crippen LogP contribution is -2.31. The zero-order valence-corrected chi connectivity index (χ0v) is 11.2. The number of fused-ring (bicyclic) bond motifs is 1. The minimum absolute atomic E-state index is 0.235. The lowest BCUT2D eigenvalue weighted by atomic mass is 9.93. The predicted octanol–water partition coefficient (Wildman–Crippen LogP) is 2.57. The molecule has 1 aliphatic rings. The van der Waals surface area contributed by atoms with Crippen molar-refractivity contribution in [1.82, 2.24) is 15.3 Å². The van der Waals surface area contributed by atoms with E-state index in [2.05, 4.69) is 47.3 Å². The van der Waals surface area contributed by atoms with Gasteiger partial charge in [-0.05, 0) is 31.9 Å². The van der Waals surface area contributed by atoms with Crippen LogP contribution in [0, 0.1) is 20.8 Å². The van der Waals surface area contributed by atoms with Crippen LogP contribution in [0.3, 0.4) is 0 Å². The Kier molecular flexibility index (Phi) is 2.71. The van der Waals surface area contributed by atoms with Gasteiger partial charge in [0.25, 0.3) is 0 Å². The largest absolute Gasteiger partial charge is 0.346 e. The highest BCUT2D eigenvalue weighted by Gasteiger charge is 2.25. The number of H-pyrrole nitrogens is 1. The molecule has 1 aromatic heterocycles. The van der Waals surface area contributed by atoms with Gasteiger partial charge in [0.1, 0.15) is 5.82 Å². The minimum atomic E-state index is 0.235. The summed E-state index contributed by atoms with van der Waals surface area (Å²) in [5, 5.41) is 3.58. The number of rotatable bonds is 1. The molecule has 0 saturated heterocycles. The average Bonchev–Trinajstić information content (AvgIpc) is 2.69. The zero-order valence-electron chi connectivity index (χ0n) is 11.2. The number of aryl methyl sites for hydroxylation is 3. The highest BCUT2D eigenvalue weighted by Crippen LogP contribution is 2.29. The third-order valence-electron chi connectivity index (χ3n) is 3.66. The average molecular weight is 241 g/mol. The quantitative estimate of drug-likeness (QED) is 0.805. The molecule has 18 heavy (non-hydrogen) atoms. The molecule has 0 spiro atoms. The molecule has 94 valence electrons. The van der Waals surface area contributed by atoms with Crippen LogP contribution >= 0.6 is 0 Å². The van der Waals surface area contributed by atoms with Crippen LogP contribution in [-0.4, -0.2) is 16.5 Å². The van der Waals surface area contributed by atoms with Gasteiger partial charge in [0.05, 0.1) is 11.7 Å². The highest BCUT2D eigenvalue weighted by molar-refractivity contribution is 5.39. The van der Waals surface area contributed by atoms with Crippen LogP contribution in [0.2, 0.25) is 0 Å². The van der Waals surface area contributed by atoms with Gasteiger partial charge < -0.3 is 10.3 Å². The fourth-order valence-corrected chi connectivity index (χ4v) is 2.83. The van der Waals surface area contributed by atoms with Crippen molar-refractivity contribution in [3.05, 3.63) is 52.1 Å². The van der Waals surface area contributed by atoms with Crippen molar-refractivity contribution in [2.24, 2.45) is 0 Å². The lowest BCUT2D eigenvalue weighted by molar-refractivity contribution is 0.551. The number of imidazole rings is 1. The Morgan fingerprint density at radius 2 is 2.06 bits per heavy atom. The Bertz CT molecular complexity index is 583. The fourth-order valence-electron chi connectivity index (χ4n) is 2.83. The molecule has 0 aliphatic carbocycles. The molecule has 0 bridgehead atoms. The van der Waals surface area contributed by atoms with Crippen LogP contribution in [0.4, 0.5) is 0 Å². The maximum absolute atomic E-state index is 4.65. The summed E-state index contributed by atoms with van der Waals surface area (Å²) in [7, 11) is 0. The van der Waals surface area contributed by atoms with E-state index >= 15 is 0 Å². The monoisotopic (exact) mass is 241 g/mol. The Balaban J connectivity index is 2.07. The van der Waals surface area contributed by atoms with Crippen LogP contribution in [0.5, 0.6) is 0 Å². The number of aromatic amines is 1. The third kappa shape index (κ3) is 1.85. The lowest BCUT2D eigenvalue weighted by Gasteiger charge is -2.25. The van der Waals surface area contributed by atoms with Crippen molar-refractivity contribution in [3.8, 4) is 0 Å². The maximum atomic E-state index is 4.65. The van der Waals surface area contributed by atoms with Gasteiger partial charge in [0.2, 0.25) is 0 Å². The van der Waals surface area contributed by atoms with E-state index in [4.69, 9.17) is 0 Å². The summed E-state index contributed by atoms with van der Waals surface area (Å²) in [6, 6.07) is 6.88. The molecule has 3 rings (SSSR count). The van der Waals surface area contributed by atoms with Gasteiger partial charge in [0, 0.05) is 18.7 Å². The van der Waals surface area contributed by atoms with Crippen molar-refractivity contribution < 1.29 is 0 Å². The van der Waals surface area contributed by atoms with Gasteiger partial charge in [-0.25, -0.2) is 4.98 Å². The normalized spacial score (nSPS) is 18.7. The SMILES string of the molecule is Cc1ccc(C2NCCc3[nH]c(C)nc32)c(C)c1. The molecule has 0 fully saturated rings. The molecule has 2 aromatic rings.